The Morgan fingerprint density at radius 1 is 0.638 bits per heavy atom. The van der Waals surface area contributed by atoms with Gasteiger partial charge in [-0.25, -0.2) is 4.89 Å². The molecule has 0 radical (unpaired) electrons. The fourth-order valence-electron chi connectivity index (χ4n) is 4.50. The number of rotatable bonds is 28. The van der Waals surface area contributed by atoms with Crippen LogP contribution in [0.25, 0.3) is 0 Å². The Hall–Kier alpha value is -0.440. The summed E-state index contributed by atoms with van der Waals surface area (Å²) in [6.07, 6.45) is 1.18. The standard InChI is InChI=1S/C36H74O11/c1-18-23-25-39-35(42-28(8)9,40-26-27(6)7)34(43-29(10)20-3,44-30(11)21-4)36(45-32(12,13)14,47-41-24-19-2)46-33(15,16)31(37-17)38-22-5/h27-31H,18-26H2,1-17H3. The molecular weight excluding hydrogens is 608 g/mol. The molecular formula is C36H74O11. The third kappa shape index (κ3) is 14.4. The van der Waals surface area contributed by atoms with Crippen LogP contribution < -0.4 is 0 Å². The molecule has 5 unspecified atom stereocenters. The Kier molecular flexibility index (Phi) is 21.5. The number of methoxy groups -OCH3 is 1. The van der Waals surface area contributed by atoms with Gasteiger partial charge in [0.25, 0.3) is 0 Å². The second-order valence-corrected chi connectivity index (χ2v) is 14.3. The lowest BCUT2D eigenvalue weighted by Crippen LogP contribution is -2.79. The minimum atomic E-state index is -2.37. The van der Waals surface area contributed by atoms with Gasteiger partial charge in [-0.2, -0.15) is 4.89 Å². The average molecular weight is 683 g/mol. The van der Waals surface area contributed by atoms with Crippen LogP contribution in [0.2, 0.25) is 0 Å². The van der Waals surface area contributed by atoms with Gasteiger partial charge >= 0.3 is 17.7 Å². The molecule has 0 aliphatic rings. The van der Waals surface area contributed by atoms with Crippen molar-refractivity contribution in [2.45, 2.75) is 196 Å². The normalized spacial score (nSPS) is 19.0. The summed E-state index contributed by atoms with van der Waals surface area (Å²) in [5.41, 5.74) is -2.20. The van der Waals surface area contributed by atoms with Gasteiger partial charge in [0.1, 0.15) is 5.60 Å². The van der Waals surface area contributed by atoms with Crippen LogP contribution in [-0.4, -0.2) is 87.1 Å². The molecule has 11 heteroatoms. The van der Waals surface area contributed by atoms with Gasteiger partial charge < -0.3 is 42.6 Å². The zero-order chi connectivity index (χ0) is 36.5. The molecule has 284 valence electrons. The first kappa shape index (κ1) is 46.6. The van der Waals surface area contributed by atoms with E-state index in [-0.39, 0.29) is 25.7 Å². The summed E-state index contributed by atoms with van der Waals surface area (Å²) < 4.78 is 60.6. The zero-order valence-electron chi connectivity index (χ0n) is 33.2. The van der Waals surface area contributed by atoms with Crippen molar-refractivity contribution in [2.24, 2.45) is 5.92 Å². The van der Waals surface area contributed by atoms with Crippen molar-refractivity contribution >= 4 is 0 Å². The van der Waals surface area contributed by atoms with E-state index in [9.17, 15) is 0 Å². The van der Waals surface area contributed by atoms with E-state index in [2.05, 4.69) is 6.92 Å². The Balaban J connectivity index is 8.65. The quantitative estimate of drug-likeness (QED) is 0.0344. The van der Waals surface area contributed by atoms with Crippen LogP contribution in [0.3, 0.4) is 0 Å². The molecule has 0 amide bonds. The molecule has 0 rings (SSSR count). The van der Waals surface area contributed by atoms with E-state index in [0.717, 1.165) is 6.42 Å². The molecule has 0 aliphatic carbocycles. The third-order valence-corrected chi connectivity index (χ3v) is 6.87. The lowest BCUT2D eigenvalue weighted by Gasteiger charge is -2.57. The minimum Gasteiger partial charge on any atom is -0.353 e. The summed E-state index contributed by atoms with van der Waals surface area (Å²) in [5.74, 6) is -6.63. The fourth-order valence-corrected chi connectivity index (χ4v) is 4.50. The van der Waals surface area contributed by atoms with Crippen LogP contribution in [0, 0.1) is 5.92 Å². The summed E-state index contributed by atoms with van der Waals surface area (Å²) in [6, 6.07) is 0. The van der Waals surface area contributed by atoms with Crippen LogP contribution in [0.5, 0.6) is 0 Å². The first-order chi connectivity index (χ1) is 21.8. The molecule has 5 atom stereocenters. The number of hydrogen-bond acceptors (Lipinski definition) is 11. The highest BCUT2D eigenvalue weighted by molar-refractivity contribution is 4.98. The molecule has 0 bridgehead atoms. The van der Waals surface area contributed by atoms with Crippen LogP contribution in [0.15, 0.2) is 0 Å². The summed E-state index contributed by atoms with van der Waals surface area (Å²) in [6.45, 7) is 32.0. The zero-order valence-corrected chi connectivity index (χ0v) is 33.2. The highest BCUT2D eigenvalue weighted by Crippen LogP contribution is 2.52. The average Bonchev–Trinajstić information content (AvgIpc) is 2.96. The van der Waals surface area contributed by atoms with Crippen LogP contribution >= 0.6 is 0 Å². The van der Waals surface area contributed by atoms with Crippen LogP contribution in [0.4, 0.5) is 0 Å². The van der Waals surface area contributed by atoms with Gasteiger partial charge in [-0.05, 0) is 101 Å². The monoisotopic (exact) mass is 683 g/mol. The van der Waals surface area contributed by atoms with E-state index in [1.165, 1.54) is 0 Å². The Labute approximate surface area is 288 Å². The van der Waals surface area contributed by atoms with E-state index in [1.807, 2.05) is 104 Å². The number of ether oxygens (including phenoxy) is 9. The van der Waals surface area contributed by atoms with E-state index >= 15 is 0 Å². The number of unbranched alkanes of at least 4 members (excludes halogenated alkanes) is 1. The van der Waals surface area contributed by atoms with Crippen molar-refractivity contribution in [3.63, 3.8) is 0 Å². The number of hydrogen-bond donors (Lipinski definition) is 0. The molecule has 0 aromatic rings. The molecule has 0 aromatic carbocycles. The molecule has 0 spiro atoms. The lowest BCUT2D eigenvalue weighted by molar-refractivity contribution is -0.653. The smallest absolute Gasteiger partial charge is 0.353 e. The predicted octanol–water partition coefficient (Wildman–Crippen LogP) is 8.51. The predicted molar refractivity (Wildman–Crippen MR) is 183 cm³/mol. The van der Waals surface area contributed by atoms with Crippen molar-refractivity contribution < 1.29 is 52.4 Å². The molecule has 11 nitrogen and oxygen atoms in total. The van der Waals surface area contributed by atoms with Gasteiger partial charge in [-0.15, -0.1) is 0 Å². The molecule has 0 aliphatic heterocycles. The van der Waals surface area contributed by atoms with Crippen molar-refractivity contribution in [1.29, 1.82) is 0 Å². The van der Waals surface area contributed by atoms with Gasteiger partial charge in [0.2, 0.25) is 0 Å². The molecule has 47 heavy (non-hydrogen) atoms. The minimum absolute atomic E-state index is 0.0770. The van der Waals surface area contributed by atoms with Crippen molar-refractivity contribution in [2.75, 3.05) is 33.5 Å². The van der Waals surface area contributed by atoms with Crippen molar-refractivity contribution in [3.8, 4) is 0 Å². The Bertz CT molecular complexity index is 788. The van der Waals surface area contributed by atoms with E-state index in [0.29, 0.717) is 32.3 Å². The fraction of sp³-hybridized carbons (Fsp3) is 1.00. The SMILES string of the molecule is CCCCOC(OCC(C)C)(OC(C)C)C(OC(C)CC)(OC(C)CC)C(OOCCC)(OC(C)(C)C)OC(C)(C)C(OC)OCC. The molecule has 0 fully saturated rings. The van der Waals surface area contributed by atoms with Crippen LogP contribution in [0.1, 0.15) is 143 Å². The van der Waals surface area contributed by atoms with E-state index in [1.54, 1.807) is 7.11 Å². The molecule has 0 heterocycles. The third-order valence-electron chi connectivity index (χ3n) is 6.87. The lowest BCUT2D eigenvalue weighted by atomic mass is 10.0. The second-order valence-electron chi connectivity index (χ2n) is 14.3. The van der Waals surface area contributed by atoms with Crippen molar-refractivity contribution in [3.05, 3.63) is 0 Å². The largest absolute Gasteiger partial charge is 0.377 e. The van der Waals surface area contributed by atoms with Gasteiger partial charge in [0.05, 0.1) is 43.7 Å². The molecule has 0 aromatic heterocycles. The first-order valence-corrected chi connectivity index (χ1v) is 18.0. The van der Waals surface area contributed by atoms with Gasteiger partial charge in [0, 0.05) is 13.7 Å². The van der Waals surface area contributed by atoms with Crippen LogP contribution in [-0.2, 0) is 52.4 Å². The molecule has 0 N–H and O–H groups in total. The highest BCUT2D eigenvalue weighted by atomic mass is 17.3. The van der Waals surface area contributed by atoms with Gasteiger partial charge in [0.15, 0.2) is 6.29 Å². The summed E-state index contributed by atoms with van der Waals surface area (Å²) in [7, 11) is 1.55. The molecule has 0 saturated carbocycles. The molecule has 0 saturated heterocycles. The van der Waals surface area contributed by atoms with Crippen molar-refractivity contribution in [1.82, 2.24) is 0 Å². The van der Waals surface area contributed by atoms with E-state index in [4.69, 9.17) is 52.4 Å². The highest BCUT2D eigenvalue weighted by Gasteiger charge is 2.78. The summed E-state index contributed by atoms with van der Waals surface area (Å²) in [4.78, 5) is 12.4. The maximum atomic E-state index is 7.12. The van der Waals surface area contributed by atoms with E-state index < -0.39 is 53.5 Å². The maximum Gasteiger partial charge on any atom is 0.377 e. The summed E-state index contributed by atoms with van der Waals surface area (Å²) >= 11 is 0. The second kappa shape index (κ2) is 21.7. The Morgan fingerprint density at radius 2 is 1.21 bits per heavy atom. The first-order valence-electron chi connectivity index (χ1n) is 18.0. The topological polar surface area (TPSA) is 102 Å². The Morgan fingerprint density at radius 3 is 1.62 bits per heavy atom. The summed E-state index contributed by atoms with van der Waals surface area (Å²) in [5, 5.41) is 0. The maximum absolute atomic E-state index is 7.12. The van der Waals surface area contributed by atoms with Gasteiger partial charge in [-0.3, -0.25) is 0 Å². The van der Waals surface area contributed by atoms with Gasteiger partial charge in [-0.1, -0.05) is 48.0 Å².